The van der Waals surface area contributed by atoms with Gasteiger partial charge in [0.1, 0.15) is 5.82 Å². The van der Waals surface area contributed by atoms with Gasteiger partial charge in [0.25, 0.3) is 5.56 Å². The number of rotatable bonds is 2. The number of aromatic amines is 1. The van der Waals surface area contributed by atoms with E-state index in [0.717, 1.165) is 15.6 Å². The second-order valence-electron chi connectivity index (χ2n) is 4.47. The Kier molecular flexibility index (Phi) is 3.90. The van der Waals surface area contributed by atoms with Crippen LogP contribution in [-0.4, -0.2) is 9.97 Å². The van der Waals surface area contributed by atoms with E-state index in [1.165, 1.54) is 6.07 Å². The molecular weight excluding hydrogens is 352 g/mol. The van der Waals surface area contributed by atoms with Gasteiger partial charge in [-0.3, -0.25) is 4.79 Å². The van der Waals surface area contributed by atoms with Crippen LogP contribution in [0.3, 0.4) is 0 Å². The van der Waals surface area contributed by atoms with Crippen LogP contribution in [0.4, 0.5) is 0 Å². The van der Waals surface area contributed by atoms with Crippen molar-refractivity contribution in [2.24, 2.45) is 0 Å². The second kappa shape index (κ2) is 5.84. The lowest BCUT2D eigenvalue weighted by Gasteiger charge is -2.06. The van der Waals surface area contributed by atoms with Crippen LogP contribution in [0.5, 0.6) is 0 Å². The molecule has 3 rings (SSSR count). The van der Waals surface area contributed by atoms with Gasteiger partial charge in [-0.15, -0.1) is 0 Å². The molecule has 0 spiro atoms. The zero-order valence-corrected chi connectivity index (χ0v) is 13.1. The third-order valence-corrected chi connectivity index (χ3v) is 4.24. The van der Waals surface area contributed by atoms with Crippen LogP contribution in [0.25, 0.3) is 22.6 Å². The zero-order valence-electron chi connectivity index (χ0n) is 10.8. The van der Waals surface area contributed by atoms with Gasteiger partial charge < -0.3 is 4.98 Å². The maximum absolute atomic E-state index is 11.9. The largest absolute Gasteiger partial charge is 0.306 e. The first-order valence-corrected chi connectivity index (χ1v) is 7.43. The van der Waals surface area contributed by atoms with E-state index < -0.39 is 0 Å². The number of nitrogens with zero attached hydrogens (tertiary/aromatic N) is 1. The molecule has 1 heterocycles. The van der Waals surface area contributed by atoms with Gasteiger partial charge in [-0.1, -0.05) is 48.0 Å². The number of hydrogen-bond acceptors (Lipinski definition) is 2. The molecule has 0 saturated heterocycles. The second-order valence-corrected chi connectivity index (χ2v) is 5.74. The van der Waals surface area contributed by atoms with Crippen molar-refractivity contribution in [1.82, 2.24) is 9.97 Å². The molecule has 3 aromatic rings. The van der Waals surface area contributed by atoms with Crippen molar-refractivity contribution < 1.29 is 0 Å². The molecule has 0 unspecified atom stereocenters. The van der Waals surface area contributed by atoms with Gasteiger partial charge in [-0.05, 0) is 28.1 Å². The minimum Gasteiger partial charge on any atom is -0.306 e. The van der Waals surface area contributed by atoms with Crippen LogP contribution >= 0.6 is 27.5 Å². The zero-order chi connectivity index (χ0) is 14.8. The lowest BCUT2D eigenvalue weighted by Crippen LogP contribution is -2.08. The van der Waals surface area contributed by atoms with Crippen molar-refractivity contribution in [3.63, 3.8) is 0 Å². The average molecular weight is 362 g/mol. The summed E-state index contributed by atoms with van der Waals surface area (Å²) in [6.45, 7) is 0. The van der Waals surface area contributed by atoms with Gasteiger partial charge in [-0.25, -0.2) is 4.98 Å². The molecule has 0 aliphatic rings. The minimum absolute atomic E-state index is 0.196. The Morgan fingerprint density at radius 2 is 1.76 bits per heavy atom. The van der Waals surface area contributed by atoms with E-state index >= 15 is 0 Å². The van der Waals surface area contributed by atoms with E-state index in [1.807, 2.05) is 42.5 Å². The van der Waals surface area contributed by atoms with Gasteiger partial charge in [-0.2, -0.15) is 0 Å². The molecule has 0 amide bonds. The lowest BCUT2D eigenvalue weighted by atomic mass is 10.1. The van der Waals surface area contributed by atoms with Crippen molar-refractivity contribution in [3.8, 4) is 22.6 Å². The Morgan fingerprint density at radius 1 is 1.00 bits per heavy atom. The summed E-state index contributed by atoms with van der Waals surface area (Å²) in [6, 6.07) is 16.5. The van der Waals surface area contributed by atoms with Crippen molar-refractivity contribution in [2.75, 3.05) is 0 Å². The summed E-state index contributed by atoms with van der Waals surface area (Å²) in [5.74, 6) is 0.496. The smallest absolute Gasteiger partial charge is 0.251 e. The Hall–Kier alpha value is -1.91. The van der Waals surface area contributed by atoms with Gasteiger partial charge in [0.05, 0.1) is 10.7 Å². The highest BCUT2D eigenvalue weighted by atomic mass is 79.9. The predicted molar refractivity (Wildman–Crippen MR) is 88.4 cm³/mol. The summed E-state index contributed by atoms with van der Waals surface area (Å²) in [5, 5.41) is 0.570. The van der Waals surface area contributed by atoms with Crippen molar-refractivity contribution in [1.29, 1.82) is 0 Å². The lowest BCUT2D eigenvalue weighted by molar-refractivity contribution is 1.13. The summed E-state index contributed by atoms with van der Waals surface area (Å²) in [4.78, 5) is 19.1. The van der Waals surface area contributed by atoms with Crippen LogP contribution in [0.2, 0.25) is 5.02 Å². The number of aromatic nitrogens is 2. The molecule has 0 radical (unpaired) electrons. The quantitative estimate of drug-likeness (QED) is 0.729. The molecule has 0 atom stereocenters. The first-order chi connectivity index (χ1) is 10.1. The SMILES string of the molecule is O=c1cc(-c2ccccc2)nc(-c2ccc(Br)c(Cl)c2)[nH]1. The maximum atomic E-state index is 11.9. The first-order valence-electron chi connectivity index (χ1n) is 6.26. The van der Waals surface area contributed by atoms with Gasteiger partial charge in [0, 0.05) is 21.7 Å². The summed E-state index contributed by atoms with van der Waals surface area (Å²) < 4.78 is 0.800. The molecule has 1 aromatic heterocycles. The number of halogens is 2. The topological polar surface area (TPSA) is 45.8 Å². The number of hydrogen-bond donors (Lipinski definition) is 1. The first kappa shape index (κ1) is 14.0. The van der Waals surface area contributed by atoms with Crippen molar-refractivity contribution in [3.05, 3.63) is 74.4 Å². The van der Waals surface area contributed by atoms with Crippen LogP contribution in [0.15, 0.2) is 63.9 Å². The van der Waals surface area contributed by atoms with Gasteiger partial charge in [0.15, 0.2) is 0 Å². The molecule has 0 aliphatic carbocycles. The minimum atomic E-state index is -0.196. The van der Waals surface area contributed by atoms with Crippen LogP contribution < -0.4 is 5.56 Å². The molecule has 2 aromatic carbocycles. The summed E-state index contributed by atoms with van der Waals surface area (Å²) >= 11 is 9.44. The summed E-state index contributed by atoms with van der Waals surface area (Å²) in [7, 11) is 0. The van der Waals surface area contributed by atoms with Crippen molar-refractivity contribution in [2.45, 2.75) is 0 Å². The van der Waals surface area contributed by atoms with E-state index in [2.05, 4.69) is 25.9 Å². The van der Waals surface area contributed by atoms with E-state index in [1.54, 1.807) is 6.07 Å². The predicted octanol–water partition coefficient (Wildman–Crippen LogP) is 4.52. The number of nitrogens with one attached hydrogen (secondary N) is 1. The highest BCUT2D eigenvalue weighted by molar-refractivity contribution is 9.10. The monoisotopic (exact) mass is 360 g/mol. The maximum Gasteiger partial charge on any atom is 0.251 e. The Labute approximate surface area is 134 Å². The molecule has 21 heavy (non-hydrogen) atoms. The van der Waals surface area contributed by atoms with Crippen LogP contribution in [0.1, 0.15) is 0 Å². The van der Waals surface area contributed by atoms with E-state index in [-0.39, 0.29) is 5.56 Å². The molecule has 0 saturated carbocycles. The molecule has 5 heteroatoms. The summed E-state index contributed by atoms with van der Waals surface area (Å²) in [5.41, 5.74) is 2.09. The third-order valence-electron chi connectivity index (χ3n) is 3.00. The summed E-state index contributed by atoms with van der Waals surface area (Å²) in [6.07, 6.45) is 0. The van der Waals surface area contributed by atoms with E-state index in [0.29, 0.717) is 16.5 Å². The fourth-order valence-electron chi connectivity index (χ4n) is 1.99. The van der Waals surface area contributed by atoms with Crippen LogP contribution in [-0.2, 0) is 0 Å². The average Bonchev–Trinajstić information content (AvgIpc) is 2.50. The van der Waals surface area contributed by atoms with Crippen molar-refractivity contribution >= 4 is 27.5 Å². The molecule has 0 fully saturated rings. The molecular formula is C16H10BrClN2O. The third kappa shape index (κ3) is 3.06. The Morgan fingerprint density at radius 3 is 2.48 bits per heavy atom. The molecule has 0 aliphatic heterocycles. The fraction of sp³-hybridized carbons (Fsp3) is 0. The molecule has 1 N–H and O–H groups in total. The Balaban J connectivity index is 2.14. The van der Waals surface area contributed by atoms with Crippen LogP contribution in [0, 0.1) is 0 Å². The van der Waals surface area contributed by atoms with E-state index in [9.17, 15) is 4.79 Å². The molecule has 0 bridgehead atoms. The molecule has 3 nitrogen and oxygen atoms in total. The number of benzene rings is 2. The highest BCUT2D eigenvalue weighted by Crippen LogP contribution is 2.27. The van der Waals surface area contributed by atoms with Gasteiger partial charge >= 0.3 is 0 Å². The highest BCUT2D eigenvalue weighted by Gasteiger charge is 2.07. The molecule has 104 valence electrons. The Bertz CT molecular complexity index is 846. The normalized spacial score (nSPS) is 10.6. The number of H-pyrrole nitrogens is 1. The van der Waals surface area contributed by atoms with Gasteiger partial charge in [0.2, 0.25) is 0 Å². The fourth-order valence-corrected chi connectivity index (χ4v) is 2.42. The van der Waals surface area contributed by atoms with E-state index in [4.69, 9.17) is 11.6 Å². The standard InChI is InChI=1S/C16H10BrClN2O/c17-12-7-6-11(8-13(12)18)16-19-14(9-15(21)20-16)10-4-2-1-3-5-10/h1-9H,(H,19,20,21).